The van der Waals surface area contributed by atoms with Gasteiger partial charge in [-0.2, -0.15) is 0 Å². The minimum atomic E-state index is -0.620. The third kappa shape index (κ3) is 2.95. The number of carbonyl (C=O) groups is 2. The molecule has 4 heteroatoms. The van der Waals surface area contributed by atoms with E-state index >= 15 is 0 Å². The van der Waals surface area contributed by atoms with E-state index in [1.165, 1.54) is 4.90 Å². The zero-order chi connectivity index (χ0) is 18.1. The van der Waals surface area contributed by atoms with Crippen molar-refractivity contribution < 1.29 is 14.7 Å². The Morgan fingerprint density at radius 1 is 1.08 bits per heavy atom. The summed E-state index contributed by atoms with van der Waals surface area (Å²) in [5.74, 6) is -1.51. The monoisotopic (exact) mass is 335 g/mol. The van der Waals surface area contributed by atoms with E-state index in [1.807, 2.05) is 61.5 Å². The van der Waals surface area contributed by atoms with Crippen LogP contribution in [0, 0.1) is 12.8 Å². The minimum absolute atomic E-state index is 0.174. The summed E-state index contributed by atoms with van der Waals surface area (Å²) in [4.78, 5) is 27.0. The first-order chi connectivity index (χ1) is 11.9. The molecule has 3 rings (SSSR count). The topological polar surface area (TPSA) is 57.6 Å². The molecule has 0 fully saturated rings. The zero-order valence-corrected chi connectivity index (χ0v) is 14.6. The maximum Gasteiger partial charge on any atom is 0.294 e. The number of hydrogen-bond donors (Lipinski definition) is 1. The average molecular weight is 335 g/mol. The summed E-state index contributed by atoms with van der Waals surface area (Å²) in [5.41, 5.74) is 2.63. The molecule has 0 saturated carbocycles. The van der Waals surface area contributed by atoms with Crippen LogP contribution in [-0.2, 0) is 9.59 Å². The zero-order valence-electron chi connectivity index (χ0n) is 14.6. The summed E-state index contributed by atoms with van der Waals surface area (Å²) in [6, 6.07) is 16.2. The van der Waals surface area contributed by atoms with Crippen LogP contribution >= 0.6 is 0 Å². The molecule has 0 aliphatic carbocycles. The first kappa shape index (κ1) is 17.0. The Bertz CT molecular complexity index is 852. The third-order valence-electron chi connectivity index (χ3n) is 4.39. The van der Waals surface area contributed by atoms with Crippen LogP contribution in [0.2, 0.25) is 0 Å². The molecule has 25 heavy (non-hydrogen) atoms. The molecule has 128 valence electrons. The van der Waals surface area contributed by atoms with E-state index in [0.29, 0.717) is 5.69 Å². The number of rotatable bonds is 4. The van der Waals surface area contributed by atoms with Gasteiger partial charge in [-0.1, -0.05) is 56.3 Å². The number of hydrogen-bond acceptors (Lipinski definition) is 3. The number of benzene rings is 2. The number of nitrogens with zero attached hydrogens (tertiary/aromatic N) is 1. The van der Waals surface area contributed by atoms with Gasteiger partial charge in [-0.05, 0) is 30.2 Å². The fourth-order valence-corrected chi connectivity index (χ4v) is 3.16. The second-order valence-corrected chi connectivity index (χ2v) is 6.61. The predicted octanol–water partition coefficient (Wildman–Crippen LogP) is 4.12. The summed E-state index contributed by atoms with van der Waals surface area (Å²) in [6.07, 6.45) is 0. The van der Waals surface area contributed by atoms with Gasteiger partial charge in [0.2, 0.25) is 0 Å². The van der Waals surface area contributed by atoms with Crippen LogP contribution in [0.1, 0.15) is 31.0 Å². The smallest absolute Gasteiger partial charge is 0.294 e. The number of Topliss-reactive ketones (excluding diaryl/α,β-unsaturated/α-hetero) is 1. The number of aliphatic hydroxyl groups is 1. The van der Waals surface area contributed by atoms with Crippen molar-refractivity contribution in [2.24, 2.45) is 5.92 Å². The molecule has 0 bridgehead atoms. The lowest BCUT2D eigenvalue weighted by molar-refractivity contribution is -0.119. The van der Waals surface area contributed by atoms with Crippen LogP contribution in [-0.4, -0.2) is 16.8 Å². The van der Waals surface area contributed by atoms with Gasteiger partial charge in [-0.3, -0.25) is 14.5 Å². The summed E-state index contributed by atoms with van der Waals surface area (Å²) >= 11 is 0. The van der Waals surface area contributed by atoms with Crippen LogP contribution in [0.4, 0.5) is 5.69 Å². The van der Waals surface area contributed by atoms with Gasteiger partial charge < -0.3 is 5.11 Å². The molecular formula is C21H21NO3. The molecule has 1 amide bonds. The van der Waals surface area contributed by atoms with Crippen molar-refractivity contribution in [3.05, 3.63) is 77.1 Å². The van der Waals surface area contributed by atoms with Crippen LogP contribution in [0.15, 0.2) is 65.9 Å². The quantitative estimate of drug-likeness (QED) is 0.914. The number of anilines is 1. The molecule has 2 aromatic rings. The summed E-state index contributed by atoms with van der Waals surface area (Å²) in [5, 5.41) is 10.5. The number of aliphatic hydroxyl groups excluding tert-OH is 1. The van der Waals surface area contributed by atoms with Gasteiger partial charge in [0.15, 0.2) is 11.5 Å². The van der Waals surface area contributed by atoms with Gasteiger partial charge in [-0.25, -0.2) is 0 Å². The Kier molecular flexibility index (Phi) is 4.45. The van der Waals surface area contributed by atoms with Gasteiger partial charge in [-0.15, -0.1) is 0 Å². The van der Waals surface area contributed by atoms with Crippen molar-refractivity contribution in [3.8, 4) is 0 Å². The maximum atomic E-state index is 12.8. The van der Waals surface area contributed by atoms with Crippen LogP contribution in [0.25, 0.3) is 0 Å². The number of amides is 1. The molecule has 1 heterocycles. The molecule has 1 unspecified atom stereocenters. The summed E-state index contributed by atoms with van der Waals surface area (Å²) in [6.45, 7) is 5.48. The highest BCUT2D eigenvalue weighted by molar-refractivity contribution is 6.16. The van der Waals surface area contributed by atoms with Crippen molar-refractivity contribution in [1.29, 1.82) is 0 Å². The van der Waals surface area contributed by atoms with Crippen molar-refractivity contribution in [2.45, 2.75) is 26.8 Å². The van der Waals surface area contributed by atoms with E-state index in [1.54, 1.807) is 13.8 Å². The highest BCUT2D eigenvalue weighted by Crippen LogP contribution is 2.41. The van der Waals surface area contributed by atoms with Gasteiger partial charge in [0.1, 0.15) is 0 Å². The molecule has 4 nitrogen and oxygen atoms in total. The molecule has 0 spiro atoms. The fourth-order valence-electron chi connectivity index (χ4n) is 3.16. The summed E-state index contributed by atoms with van der Waals surface area (Å²) in [7, 11) is 0. The molecule has 1 aliphatic rings. The number of aryl methyl sites for hydroxylation is 1. The van der Waals surface area contributed by atoms with Crippen LogP contribution in [0.5, 0.6) is 0 Å². The lowest BCUT2D eigenvalue weighted by atomic mass is 9.91. The van der Waals surface area contributed by atoms with E-state index in [0.717, 1.165) is 11.1 Å². The SMILES string of the molecule is Cc1cccc(N2C(=O)C(O)=C(C(=O)C(C)C)C2c2ccccc2)c1. The molecular weight excluding hydrogens is 314 g/mol. The Balaban J connectivity index is 2.19. The van der Waals surface area contributed by atoms with Gasteiger partial charge in [0.25, 0.3) is 5.91 Å². The lowest BCUT2D eigenvalue weighted by Gasteiger charge is -2.27. The second-order valence-electron chi connectivity index (χ2n) is 6.61. The van der Waals surface area contributed by atoms with E-state index in [-0.39, 0.29) is 17.3 Å². The average Bonchev–Trinajstić information content (AvgIpc) is 2.86. The Morgan fingerprint density at radius 2 is 1.76 bits per heavy atom. The van der Waals surface area contributed by atoms with Gasteiger partial charge >= 0.3 is 0 Å². The van der Waals surface area contributed by atoms with Gasteiger partial charge in [0.05, 0.1) is 11.6 Å². The highest BCUT2D eigenvalue weighted by Gasteiger charge is 2.44. The fraction of sp³-hybridized carbons (Fsp3) is 0.238. The van der Waals surface area contributed by atoms with Crippen molar-refractivity contribution in [1.82, 2.24) is 0 Å². The molecule has 1 aliphatic heterocycles. The molecule has 0 aromatic heterocycles. The normalized spacial score (nSPS) is 17.5. The van der Waals surface area contributed by atoms with Crippen LogP contribution < -0.4 is 4.90 Å². The Labute approximate surface area is 147 Å². The Morgan fingerprint density at radius 3 is 2.36 bits per heavy atom. The largest absolute Gasteiger partial charge is 0.503 e. The molecule has 1 atom stereocenters. The molecule has 1 N–H and O–H groups in total. The molecule has 0 radical (unpaired) electrons. The van der Waals surface area contributed by atoms with Crippen molar-refractivity contribution in [3.63, 3.8) is 0 Å². The van der Waals surface area contributed by atoms with E-state index in [2.05, 4.69) is 0 Å². The first-order valence-electron chi connectivity index (χ1n) is 8.34. The van der Waals surface area contributed by atoms with Crippen LogP contribution in [0.3, 0.4) is 0 Å². The number of carbonyl (C=O) groups excluding carboxylic acids is 2. The third-order valence-corrected chi connectivity index (χ3v) is 4.39. The van der Waals surface area contributed by atoms with E-state index < -0.39 is 17.7 Å². The Hall–Kier alpha value is -2.88. The van der Waals surface area contributed by atoms with Gasteiger partial charge in [0, 0.05) is 11.6 Å². The maximum absolute atomic E-state index is 12.8. The standard InChI is InChI=1S/C21H21NO3/c1-13(2)19(23)17-18(15-9-5-4-6-10-15)22(21(25)20(17)24)16-11-7-8-14(3)12-16/h4-13,18,24H,1-3H3. The lowest BCUT2D eigenvalue weighted by Crippen LogP contribution is -2.31. The minimum Gasteiger partial charge on any atom is -0.503 e. The van der Waals surface area contributed by atoms with Crippen molar-refractivity contribution in [2.75, 3.05) is 4.90 Å². The first-order valence-corrected chi connectivity index (χ1v) is 8.34. The molecule has 0 saturated heterocycles. The summed E-state index contributed by atoms with van der Waals surface area (Å²) < 4.78 is 0. The molecule has 2 aromatic carbocycles. The van der Waals surface area contributed by atoms with Crippen molar-refractivity contribution >= 4 is 17.4 Å². The predicted molar refractivity (Wildman–Crippen MR) is 97.3 cm³/mol. The van der Waals surface area contributed by atoms with E-state index in [9.17, 15) is 14.7 Å². The highest BCUT2D eigenvalue weighted by atomic mass is 16.3. The number of ketones is 1. The van der Waals surface area contributed by atoms with E-state index in [4.69, 9.17) is 0 Å². The second kappa shape index (κ2) is 6.55.